The molecule has 2 rings (SSSR count). The van der Waals surface area contributed by atoms with Crippen molar-refractivity contribution in [3.8, 4) is 0 Å². The number of piperidine rings is 1. The van der Waals surface area contributed by atoms with Crippen molar-refractivity contribution in [1.29, 1.82) is 0 Å². The number of hydrogen-bond donors (Lipinski definition) is 0. The third kappa shape index (κ3) is 2.24. The third-order valence-corrected chi connectivity index (χ3v) is 3.17. The first-order valence-corrected chi connectivity index (χ1v) is 5.62. The highest BCUT2D eigenvalue weighted by molar-refractivity contribution is 5.76. The Morgan fingerprint density at radius 3 is 3.00 bits per heavy atom. The molecule has 0 aromatic carbocycles. The van der Waals surface area contributed by atoms with Gasteiger partial charge in [0.2, 0.25) is 0 Å². The number of hydrogen-bond acceptors (Lipinski definition) is 3. The van der Waals surface area contributed by atoms with Crippen LogP contribution in [-0.4, -0.2) is 58.6 Å². The molecule has 0 aliphatic carbocycles. The second-order valence-corrected chi connectivity index (χ2v) is 4.42. The molecule has 16 heavy (non-hydrogen) atoms. The molecule has 1 amide bonds. The van der Waals surface area contributed by atoms with Crippen molar-refractivity contribution in [1.82, 2.24) is 19.4 Å². The van der Waals surface area contributed by atoms with Crippen molar-refractivity contribution < 1.29 is 4.79 Å². The summed E-state index contributed by atoms with van der Waals surface area (Å²) in [6, 6.07) is 0.312. The molecule has 1 unspecified atom stereocenters. The molecule has 5 nitrogen and oxygen atoms in total. The van der Waals surface area contributed by atoms with Crippen molar-refractivity contribution in [3.05, 3.63) is 18.7 Å². The molecular formula is C11H18N4O. The number of amides is 1. The largest absolute Gasteiger partial charge is 0.329 e. The van der Waals surface area contributed by atoms with Gasteiger partial charge in [0.05, 0.1) is 0 Å². The van der Waals surface area contributed by atoms with E-state index in [4.69, 9.17) is 0 Å². The number of nitrogens with zero attached hydrogens (tertiary/aromatic N) is 4. The van der Waals surface area contributed by atoms with Crippen LogP contribution in [0.4, 0.5) is 4.79 Å². The molecule has 1 aliphatic rings. The second kappa shape index (κ2) is 4.65. The first kappa shape index (κ1) is 11.1. The van der Waals surface area contributed by atoms with E-state index in [9.17, 15) is 4.79 Å². The predicted octanol–water partition coefficient (Wildman–Crippen LogP) is 0.877. The van der Waals surface area contributed by atoms with Crippen molar-refractivity contribution in [2.75, 3.05) is 27.2 Å². The summed E-state index contributed by atoms with van der Waals surface area (Å²) < 4.78 is 1.52. The highest BCUT2D eigenvalue weighted by atomic mass is 16.2. The molecule has 5 heteroatoms. The fourth-order valence-electron chi connectivity index (χ4n) is 2.17. The van der Waals surface area contributed by atoms with Gasteiger partial charge in [0.1, 0.15) is 6.33 Å². The lowest BCUT2D eigenvalue weighted by atomic mass is 10.1. The maximum Gasteiger partial charge on any atom is 0.329 e. The average Bonchev–Trinajstić information content (AvgIpc) is 2.80. The molecule has 88 valence electrons. The smallest absolute Gasteiger partial charge is 0.323 e. The number of rotatable bonds is 1. The van der Waals surface area contributed by atoms with E-state index in [0.29, 0.717) is 6.04 Å². The van der Waals surface area contributed by atoms with Crippen LogP contribution in [0.15, 0.2) is 18.7 Å². The molecule has 0 bridgehead atoms. The van der Waals surface area contributed by atoms with E-state index in [0.717, 1.165) is 25.9 Å². The fraction of sp³-hybridized carbons (Fsp3) is 0.636. The summed E-state index contributed by atoms with van der Waals surface area (Å²) in [7, 11) is 3.97. The number of likely N-dealkylation sites (tertiary alicyclic amines) is 1. The summed E-state index contributed by atoms with van der Waals surface area (Å²) in [5.41, 5.74) is 0. The normalized spacial score (nSPS) is 22.0. The lowest BCUT2D eigenvalue weighted by molar-refractivity contribution is 0.141. The van der Waals surface area contributed by atoms with E-state index in [2.05, 4.69) is 16.9 Å². The van der Waals surface area contributed by atoms with E-state index in [1.165, 1.54) is 4.57 Å². The van der Waals surface area contributed by atoms with E-state index in [-0.39, 0.29) is 6.03 Å². The molecule has 1 saturated heterocycles. The van der Waals surface area contributed by atoms with Crippen LogP contribution in [0, 0.1) is 0 Å². The molecular weight excluding hydrogens is 204 g/mol. The topological polar surface area (TPSA) is 41.4 Å². The summed E-state index contributed by atoms with van der Waals surface area (Å²) >= 11 is 0. The Labute approximate surface area is 95.7 Å². The van der Waals surface area contributed by atoms with Gasteiger partial charge in [0.25, 0.3) is 0 Å². The summed E-state index contributed by atoms with van der Waals surface area (Å²) in [6.45, 7) is 2.08. The van der Waals surface area contributed by atoms with Crippen molar-refractivity contribution >= 4 is 6.03 Å². The number of aromatic nitrogens is 2. The minimum atomic E-state index is -0.00204. The number of carbonyl (C=O) groups is 1. The number of likely N-dealkylation sites (N-methyl/N-ethyl adjacent to an activating group) is 2. The van der Waals surface area contributed by atoms with Gasteiger partial charge in [0.15, 0.2) is 0 Å². The summed E-state index contributed by atoms with van der Waals surface area (Å²) in [6.07, 6.45) is 7.10. The molecule has 0 saturated carbocycles. The lowest BCUT2D eigenvalue weighted by Crippen LogP contribution is -2.48. The molecule has 1 fully saturated rings. The Kier molecular flexibility index (Phi) is 3.24. The van der Waals surface area contributed by atoms with Crippen molar-refractivity contribution in [2.24, 2.45) is 0 Å². The van der Waals surface area contributed by atoms with Crippen molar-refractivity contribution in [3.63, 3.8) is 0 Å². The minimum absolute atomic E-state index is 0.00204. The zero-order chi connectivity index (χ0) is 11.5. The van der Waals surface area contributed by atoms with Gasteiger partial charge in [-0.05, 0) is 26.4 Å². The quantitative estimate of drug-likeness (QED) is 0.708. The van der Waals surface area contributed by atoms with Crippen LogP contribution in [0.2, 0.25) is 0 Å². The Balaban J connectivity index is 2.01. The Morgan fingerprint density at radius 2 is 2.38 bits per heavy atom. The summed E-state index contributed by atoms with van der Waals surface area (Å²) in [5, 5.41) is 0. The van der Waals surface area contributed by atoms with Crippen LogP contribution in [0.25, 0.3) is 0 Å². The van der Waals surface area contributed by atoms with Gasteiger partial charge in [0, 0.05) is 32.0 Å². The van der Waals surface area contributed by atoms with Crippen LogP contribution in [0.5, 0.6) is 0 Å². The summed E-state index contributed by atoms with van der Waals surface area (Å²) in [5.74, 6) is 0. The maximum atomic E-state index is 12.0. The molecule has 0 radical (unpaired) electrons. The maximum absolute atomic E-state index is 12.0. The standard InChI is InChI=1S/C11H18N4O/c1-13-6-3-4-10(8-13)14(2)11(16)15-7-5-12-9-15/h5,7,9-10H,3-4,6,8H2,1-2H3. The Hall–Kier alpha value is -1.36. The van der Waals surface area contributed by atoms with E-state index in [1.807, 2.05) is 11.9 Å². The van der Waals surface area contributed by atoms with Gasteiger partial charge in [-0.3, -0.25) is 4.57 Å². The Morgan fingerprint density at radius 1 is 1.56 bits per heavy atom. The molecule has 1 atom stereocenters. The fourth-order valence-corrected chi connectivity index (χ4v) is 2.17. The van der Waals surface area contributed by atoms with Gasteiger partial charge < -0.3 is 9.80 Å². The highest BCUT2D eigenvalue weighted by Gasteiger charge is 2.24. The average molecular weight is 222 g/mol. The first-order valence-electron chi connectivity index (χ1n) is 5.62. The zero-order valence-electron chi connectivity index (χ0n) is 9.83. The monoisotopic (exact) mass is 222 g/mol. The van der Waals surface area contributed by atoms with Crippen LogP contribution in [0.3, 0.4) is 0 Å². The van der Waals surface area contributed by atoms with Gasteiger partial charge in [-0.1, -0.05) is 0 Å². The zero-order valence-corrected chi connectivity index (χ0v) is 9.83. The van der Waals surface area contributed by atoms with Crippen LogP contribution in [0.1, 0.15) is 12.8 Å². The highest BCUT2D eigenvalue weighted by Crippen LogP contribution is 2.14. The van der Waals surface area contributed by atoms with Crippen LogP contribution < -0.4 is 0 Å². The number of imidazole rings is 1. The molecule has 0 N–H and O–H groups in total. The summed E-state index contributed by atoms with van der Waals surface area (Å²) in [4.78, 5) is 20.0. The van der Waals surface area contributed by atoms with E-state index >= 15 is 0 Å². The van der Waals surface area contributed by atoms with Gasteiger partial charge >= 0.3 is 6.03 Å². The third-order valence-electron chi connectivity index (χ3n) is 3.17. The van der Waals surface area contributed by atoms with E-state index in [1.54, 1.807) is 18.7 Å². The first-order chi connectivity index (χ1) is 7.68. The van der Waals surface area contributed by atoms with Crippen molar-refractivity contribution in [2.45, 2.75) is 18.9 Å². The van der Waals surface area contributed by atoms with Gasteiger partial charge in [-0.15, -0.1) is 0 Å². The minimum Gasteiger partial charge on any atom is -0.323 e. The molecule has 1 aromatic rings. The Bertz CT molecular complexity index is 349. The van der Waals surface area contributed by atoms with E-state index < -0.39 is 0 Å². The number of carbonyl (C=O) groups excluding carboxylic acids is 1. The molecule has 1 aromatic heterocycles. The van der Waals surface area contributed by atoms with Gasteiger partial charge in [-0.2, -0.15) is 0 Å². The molecule has 1 aliphatic heterocycles. The molecule has 2 heterocycles. The molecule has 0 spiro atoms. The van der Waals surface area contributed by atoms with Gasteiger partial charge in [-0.25, -0.2) is 9.78 Å². The van der Waals surface area contributed by atoms with Crippen LogP contribution >= 0.6 is 0 Å². The second-order valence-electron chi connectivity index (χ2n) is 4.42. The SMILES string of the molecule is CN1CCCC(N(C)C(=O)n2ccnc2)C1. The van der Waals surface area contributed by atoms with Crippen LogP contribution in [-0.2, 0) is 0 Å². The predicted molar refractivity (Wildman–Crippen MR) is 61.3 cm³/mol. The lowest BCUT2D eigenvalue weighted by Gasteiger charge is -2.35.